The van der Waals surface area contributed by atoms with Gasteiger partial charge in [-0.1, -0.05) is 33.6 Å². The zero-order valence-corrected chi connectivity index (χ0v) is 17.0. The molecule has 1 aliphatic rings. The molecule has 0 bridgehead atoms. The highest BCUT2D eigenvalue weighted by Crippen LogP contribution is 2.26. The van der Waals surface area contributed by atoms with Crippen LogP contribution in [0.4, 0.5) is 5.69 Å². The van der Waals surface area contributed by atoms with Crippen LogP contribution in [0.25, 0.3) is 0 Å². The topological polar surface area (TPSA) is 66.5 Å². The molecule has 0 spiro atoms. The van der Waals surface area contributed by atoms with Crippen LogP contribution in [0.5, 0.6) is 0 Å². The molecule has 1 fully saturated rings. The lowest BCUT2D eigenvalue weighted by Crippen LogP contribution is -2.43. The Balaban J connectivity index is 1.72. The first-order valence-corrected chi connectivity index (χ1v) is 10.8. The number of nitrogens with zero attached hydrogens (tertiary/aromatic N) is 1. The molecule has 0 saturated carbocycles. The van der Waals surface area contributed by atoms with Crippen LogP contribution in [0.1, 0.15) is 12.8 Å². The lowest BCUT2D eigenvalue weighted by Gasteiger charge is -2.31. The minimum absolute atomic E-state index is 0.171. The first-order chi connectivity index (χ1) is 12.4. The highest BCUT2D eigenvalue weighted by molar-refractivity contribution is 9.10. The van der Waals surface area contributed by atoms with Crippen molar-refractivity contribution < 1.29 is 13.2 Å². The van der Waals surface area contributed by atoms with Gasteiger partial charge >= 0.3 is 0 Å². The first kappa shape index (κ1) is 19.4. The summed E-state index contributed by atoms with van der Waals surface area (Å²) >= 11 is 9.24. The lowest BCUT2D eigenvalue weighted by atomic mass is 9.99. The summed E-state index contributed by atoms with van der Waals surface area (Å²) in [7, 11) is -3.61. The second-order valence-corrected chi connectivity index (χ2v) is 9.45. The molecular weight excluding hydrogens is 440 g/mol. The van der Waals surface area contributed by atoms with Gasteiger partial charge in [0.1, 0.15) is 0 Å². The quantitative estimate of drug-likeness (QED) is 0.750. The van der Waals surface area contributed by atoms with Crippen molar-refractivity contribution in [1.29, 1.82) is 0 Å². The molecule has 26 heavy (non-hydrogen) atoms. The zero-order chi connectivity index (χ0) is 18.7. The number of rotatable bonds is 4. The van der Waals surface area contributed by atoms with Crippen molar-refractivity contribution >= 4 is 49.1 Å². The van der Waals surface area contributed by atoms with Gasteiger partial charge in [-0.15, -0.1) is 0 Å². The summed E-state index contributed by atoms with van der Waals surface area (Å²) in [5.74, 6) is -0.587. The van der Waals surface area contributed by atoms with Gasteiger partial charge in [0.25, 0.3) is 0 Å². The normalized spacial score (nSPS) is 18.5. The molecule has 1 saturated heterocycles. The maximum Gasteiger partial charge on any atom is 0.243 e. The molecule has 5 nitrogen and oxygen atoms in total. The number of hydrogen-bond donors (Lipinski definition) is 1. The van der Waals surface area contributed by atoms with Crippen LogP contribution in [-0.2, 0) is 14.8 Å². The van der Waals surface area contributed by atoms with Crippen molar-refractivity contribution in [3.05, 3.63) is 58.0 Å². The van der Waals surface area contributed by atoms with Crippen molar-refractivity contribution in [2.75, 3.05) is 18.4 Å². The summed E-state index contributed by atoms with van der Waals surface area (Å²) in [6.07, 6.45) is 1.29. The van der Waals surface area contributed by atoms with E-state index < -0.39 is 15.9 Å². The molecule has 3 rings (SSSR count). The van der Waals surface area contributed by atoms with Crippen molar-refractivity contribution in [2.24, 2.45) is 5.92 Å². The SMILES string of the molecule is O=C(Nc1cccc(Cl)c1)[C@H]1CCCN(S(=O)(=O)c2ccc(Br)cc2)C1. The van der Waals surface area contributed by atoms with Crippen LogP contribution < -0.4 is 5.32 Å². The van der Waals surface area contributed by atoms with Crippen LogP contribution in [0.3, 0.4) is 0 Å². The number of carbonyl (C=O) groups excluding carboxylic acids is 1. The van der Waals surface area contributed by atoms with Crippen molar-refractivity contribution in [2.45, 2.75) is 17.7 Å². The van der Waals surface area contributed by atoms with Gasteiger partial charge in [0.05, 0.1) is 10.8 Å². The fraction of sp³-hybridized carbons (Fsp3) is 0.278. The van der Waals surface area contributed by atoms with Crippen molar-refractivity contribution in [3.8, 4) is 0 Å². The molecule has 1 N–H and O–H groups in total. The first-order valence-electron chi connectivity index (χ1n) is 8.18. The maximum absolute atomic E-state index is 12.8. The van der Waals surface area contributed by atoms with E-state index in [1.54, 1.807) is 48.5 Å². The Bertz CT molecular complexity index is 903. The second-order valence-electron chi connectivity index (χ2n) is 6.16. The molecule has 1 atom stereocenters. The number of nitrogens with one attached hydrogen (secondary N) is 1. The van der Waals surface area contributed by atoms with E-state index in [9.17, 15) is 13.2 Å². The summed E-state index contributed by atoms with van der Waals surface area (Å²) in [5.41, 5.74) is 0.607. The summed E-state index contributed by atoms with van der Waals surface area (Å²) in [6.45, 7) is 0.587. The monoisotopic (exact) mass is 456 g/mol. The van der Waals surface area contributed by atoms with Crippen LogP contribution in [0.2, 0.25) is 5.02 Å². The number of sulfonamides is 1. The summed E-state index contributed by atoms with van der Waals surface area (Å²) < 4.78 is 27.9. The third kappa shape index (κ3) is 4.46. The van der Waals surface area contributed by atoms with Gasteiger partial charge in [0.15, 0.2) is 0 Å². The summed E-state index contributed by atoms with van der Waals surface area (Å²) in [4.78, 5) is 12.8. The van der Waals surface area contributed by atoms with Gasteiger partial charge in [-0.25, -0.2) is 8.42 Å². The van der Waals surface area contributed by atoms with Gasteiger partial charge in [-0.05, 0) is 55.3 Å². The Kier molecular flexibility index (Phi) is 6.02. The average Bonchev–Trinajstić information content (AvgIpc) is 2.62. The number of halogens is 2. The van der Waals surface area contributed by atoms with E-state index in [0.29, 0.717) is 30.1 Å². The minimum Gasteiger partial charge on any atom is -0.326 e. The molecule has 0 radical (unpaired) electrons. The predicted octanol–water partition coefficient (Wildman–Crippen LogP) is 4.14. The van der Waals surface area contributed by atoms with Crippen LogP contribution in [-0.4, -0.2) is 31.7 Å². The molecule has 8 heteroatoms. The molecule has 2 aromatic carbocycles. The summed E-state index contributed by atoms with van der Waals surface area (Å²) in [6, 6.07) is 13.4. The van der Waals surface area contributed by atoms with E-state index >= 15 is 0 Å². The molecular formula is C18H18BrClN2O3S. The molecule has 1 heterocycles. The van der Waals surface area contributed by atoms with Crippen LogP contribution in [0.15, 0.2) is 57.9 Å². The number of amides is 1. The number of carbonyl (C=O) groups is 1. The number of benzene rings is 2. The van der Waals surface area contributed by atoms with Crippen LogP contribution in [0, 0.1) is 5.92 Å². The van der Waals surface area contributed by atoms with Gasteiger partial charge in [0, 0.05) is 28.3 Å². The number of anilines is 1. The third-order valence-electron chi connectivity index (χ3n) is 4.30. The third-order valence-corrected chi connectivity index (χ3v) is 6.94. The molecule has 0 aliphatic carbocycles. The minimum atomic E-state index is -3.61. The lowest BCUT2D eigenvalue weighted by molar-refractivity contribution is -0.120. The van der Waals surface area contributed by atoms with Crippen molar-refractivity contribution in [1.82, 2.24) is 4.31 Å². The largest absolute Gasteiger partial charge is 0.326 e. The Morgan fingerprint density at radius 1 is 1.19 bits per heavy atom. The van der Waals surface area contributed by atoms with E-state index in [1.165, 1.54) is 4.31 Å². The number of hydrogen-bond acceptors (Lipinski definition) is 3. The highest BCUT2D eigenvalue weighted by Gasteiger charge is 2.33. The Hall–Kier alpha value is -1.41. The molecule has 1 aliphatic heterocycles. The standard InChI is InChI=1S/C18H18BrClN2O3S/c19-14-6-8-17(9-7-14)26(24,25)22-10-2-3-13(12-22)18(23)21-16-5-1-4-15(20)11-16/h1,4-9,11,13H,2-3,10,12H2,(H,21,23)/t13-/m0/s1. The van der Waals surface area contributed by atoms with E-state index in [2.05, 4.69) is 21.2 Å². The Labute approximate surface area is 166 Å². The molecule has 138 valence electrons. The van der Waals surface area contributed by atoms with Gasteiger partial charge in [-0.3, -0.25) is 4.79 Å². The average molecular weight is 458 g/mol. The smallest absolute Gasteiger partial charge is 0.243 e. The summed E-state index contributed by atoms with van der Waals surface area (Å²) in [5, 5.41) is 3.35. The van der Waals surface area contributed by atoms with Gasteiger partial charge in [0.2, 0.25) is 15.9 Å². The van der Waals surface area contributed by atoms with E-state index in [1.807, 2.05) is 0 Å². The van der Waals surface area contributed by atoms with Gasteiger partial charge < -0.3 is 5.32 Å². The fourth-order valence-electron chi connectivity index (χ4n) is 2.94. The second kappa shape index (κ2) is 8.08. The maximum atomic E-state index is 12.8. The molecule has 1 amide bonds. The van der Waals surface area contributed by atoms with E-state index in [-0.39, 0.29) is 17.3 Å². The Morgan fingerprint density at radius 3 is 2.62 bits per heavy atom. The van der Waals surface area contributed by atoms with Crippen molar-refractivity contribution in [3.63, 3.8) is 0 Å². The van der Waals surface area contributed by atoms with Gasteiger partial charge in [-0.2, -0.15) is 4.31 Å². The fourth-order valence-corrected chi connectivity index (χ4v) is 4.92. The molecule has 0 aromatic heterocycles. The number of piperidine rings is 1. The highest BCUT2D eigenvalue weighted by atomic mass is 79.9. The predicted molar refractivity (Wildman–Crippen MR) is 106 cm³/mol. The zero-order valence-electron chi connectivity index (χ0n) is 13.9. The van der Waals surface area contributed by atoms with Crippen LogP contribution >= 0.6 is 27.5 Å². The molecule has 2 aromatic rings. The van der Waals surface area contributed by atoms with E-state index in [4.69, 9.17) is 11.6 Å². The van der Waals surface area contributed by atoms with E-state index in [0.717, 1.165) is 4.47 Å². The molecule has 0 unspecified atom stereocenters. The Morgan fingerprint density at radius 2 is 1.92 bits per heavy atom.